The molecule has 2 aromatic rings. The van der Waals surface area contributed by atoms with Crippen molar-refractivity contribution in [3.8, 4) is 11.5 Å². The Morgan fingerprint density at radius 3 is 2.67 bits per heavy atom. The Morgan fingerprint density at radius 2 is 1.92 bits per heavy atom. The largest absolute Gasteiger partial charge is 0.493 e. The number of rotatable bonds is 9. The number of methoxy groups -OCH3 is 1. The molecule has 1 atom stereocenters. The van der Waals surface area contributed by atoms with Gasteiger partial charge in [-0.1, -0.05) is 0 Å². The van der Waals surface area contributed by atoms with E-state index in [0.717, 1.165) is 73.2 Å². The molecule has 3 aliphatic rings. The topological polar surface area (TPSA) is 93.2 Å². The number of alkyl halides is 3. The Balaban J connectivity index is 1.36. The van der Waals surface area contributed by atoms with Gasteiger partial charge in [0.1, 0.15) is 0 Å². The lowest BCUT2D eigenvalue weighted by Gasteiger charge is -2.32. The summed E-state index contributed by atoms with van der Waals surface area (Å²) in [6.45, 7) is 3.63. The molecule has 0 saturated carbocycles. The third-order valence-corrected chi connectivity index (χ3v) is 7.52. The Hall–Kier alpha value is -3.28. The van der Waals surface area contributed by atoms with Crippen LogP contribution in [0.2, 0.25) is 0 Å². The van der Waals surface area contributed by atoms with Gasteiger partial charge in [-0.25, -0.2) is 4.79 Å². The Kier molecular flexibility index (Phi) is 8.01. The van der Waals surface area contributed by atoms with Gasteiger partial charge in [0, 0.05) is 41.8 Å². The summed E-state index contributed by atoms with van der Waals surface area (Å²) in [5.41, 5.74) is 3.54. The number of hydroxylamine groups is 2. The summed E-state index contributed by atoms with van der Waals surface area (Å²) in [6, 6.07) is 3.32. The van der Waals surface area contributed by atoms with Gasteiger partial charge in [-0.3, -0.25) is 9.78 Å². The van der Waals surface area contributed by atoms with Crippen molar-refractivity contribution in [1.29, 1.82) is 0 Å². The lowest BCUT2D eigenvalue weighted by Crippen LogP contribution is -2.48. The first-order valence-corrected chi connectivity index (χ1v) is 13.5. The summed E-state index contributed by atoms with van der Waals surface area (Å²) in [6.07, 6.45) is 1.10. The summed E-state index contributed by atoms with van der Waals surface area (Å²) in [4.78, 5) is 35.2. The molecule has 0 spiro atoms. The number of amides is 1. The van der Waals surface area contributed by atoms with Crippen LogP contribution in [0.3, 0.4) is 0 Å². The zero-order valence-corrected chi connectivity index (χ0v) is 21.9. The summed E-state index contributed by atoms with van der Waals surface area (Å²) in [5.74, 6) is -1.91. The van der Waals surface area contributed by atoms with Crippen LogP contribution in [0.25, 0.3) is 10.9 Å². The number of halogens is 3. The zero-order chi connectivity index (χ0) is 27.6. The molecule has 0 bridgehead atoms. The van der Waals surface area contributed by atoms with Gasteiger partial charge in [0.05, 0.1) is 25.8 Å². The number of hydrogen-bond donors (Lipinski definition) is 1. The van der Waals surface area contributed by atoms with Crippen LogP contribution in [0.15, 0.2) is 12.1 Å². The molecule has 1 amide bonds. The second-order valence-electron chi connectivity index (χ2n) is 10.2. The normalized spacial score (nSPS) is 19.8. The van der Waals surface area contributed by atoms with E-state index >= 15 is 0 Å². The number of carbonyl (C=O) groups is 2. The van der Waals surface area contributed by atoms with Crippen LogP contribution in [0.5, 0.6) is 11.5 Å². The minimum atomic E-state index is -5.19. The average Bonchev–Trinajstić information content (AvgIpc) is 3.59. The molecule has 3 heterocycles. The van der Waals surface area contributed by atoms with Crippen molar-refractivity contribution >= 4 is 28.5 Å². The fourth-order valence-electron chi connectivity index (χ4n) is 5.56. The van der Waals surface area contributed by atoms with E-state index in [2.05, 4.69) is 15.1 Å². The maximum atomic E-state index is 12.7. The van der Waals surface area contributed by atoms with Crippen molar-refractivity contribution in [3.63, 3.8) is 0 Å². The monoisotopic (exact) mass is 550 g/mol. The minimum absolute atomic E-state index is 0.0489. The van der Waals surface area contributed by atoms with Crippen molar-refractivity contribution in [3.05, 3.63) is 23.4 Å². The lowest BCUT2D eigenvalue weighted by molar-refractivity contribution is -0.239. The summed E-state index contributed by atoms with van der Waals surface area (Å²) < 4.78 is 49.9. The number of hydrogen-bond acceptors (Lipinski definition) is 8. The first kappa shape index (κ1) is 27.3. The molecule has 12 heteroatoms. The van der Waals surface area contributed by atoms with Gasteiger partial charge in [-0.2, -0.15) is 18.2 Å². The number of pyridine rings is 1. The Labute approximate surface area is 224 Å². The second kappa shape index (κ2) is 11.4. The van der Waals surface area contributed by atoms with Gasteiger partial charge in [0.15, 0.2) is 11.5 Å². The molecule has 5 rings (SSSR count). The molecule has 39 heavy (non-hydrogen) atoms. The van der Waals surface area contributed by atoms with Crippen molar-refractivity contribution in [2.75, 3.05) is 45.2 Å². The fourth-order valence-corrected chi connectivity index (χ4v) is 5.56. The van der Waals surface area contributed by atoms with Crippen LogP contribution in [0, 0.1) is 0 Å². The molecule has 212 valence electrons. The van der Waals surface area contributed by atoms with Crippen LogP contribution in [-0.4, -0.2) is 78.9 Å². The summed E-state index contributed by atoms with van der Waals surface area (Å²) in [7, 11) is 1.58. The highest BCUT2D eigenvalue weighted by Crippen LogP contribution is 2.40. The molecule has 0 radical (unpaired) electrons. The van der Waals surface area contributed by atoms with E-state index in [-0.39, 0.29) is 13.0 Å². The van der Waals surface area contributed by atoms with Crippen molar-refractivity contribution in [2.24, 2.45) is 0 Å². The molecule has 2 saturated heterocycles. The van der Waals surface area contributed by atoms with Gasteiger partial charge in [0.25, 0.3) is 5.91 Å². The lowest BCUT2D eigenvalue weighted by atomic mass is 10.0. The first-order valence-electron chi connectivity index (χ1n) is 13.5. The number of fused-ring (bicyclic) bond motifs is 2. The van der Waals surface area contributed by atoms with Crippen LogP contribution in [0.4, 0.5) is 18.9 Å². The molecule has 1 unspecified atom stereocenters. The number of anilines is 1. The highest BCUT2D eigenvalue weighted by molar-refractivity contribution is 5.96. The molecular formula is C27H33F3N4O5. The summed E-state index contributed by atoms with van der Waals surface area (Å²) >= 11 is 0. The Morgan fingerprint density at radius 1 is 1.13 bits per heavy atom. The van der Waals surface area contributed by atoms with Gasteiger partial charge in [-0.15, -0.1) is 0 Å². The molecule has 2 fully saturated rings. The molecule has 9 nitrogen and oxygen atoms in total. The van der Waals surface area contributed by atoms with Gasteiger partial charge >= 0.3 is 12.1 Å². The van der Waals surface area contributed by atoms with Crippen LogP contribution in [0.1, 0.15) is 49.8 Å². The standard InChI is InChI=1S/C27H33F3N4O5/c1-37-22-14-19-21(15-23(22)38-13-5-12-33-10-2-3-11-33)32-20-7-4-6-18(20)25(19)31-17-8-9-24(35)34(16-17)39-26(36)27(28,29)30/h14-15,17H,2-13,16H2,1H3,(H,31,32). The zero-order valence-electron chi connectivity index (χ0n) is 21.9. The predicted molar refractivity (Wildman–Crippen MR) is 137 cm³/mol. The van der Waals surface area contributed by atoms with Crippen LogP contribution < -0.4 is 14.8 Å². The number of likely N-dealkylation sites (tertiary alicyclic amines) is 1. The molecule has 1 N–H and O–H groups in total. The first-order chi connectivity index (χ1) is 18.7. The van der Waals surface area contributed by atoms with E-state index < -0.39 is 24.1 Å². The number of piperidine rings is 1. The number of nitrogens with one attached hydrogen (secondary N) is 1. The Bertz CT molecular complexity index is 1230. The number of carbonyl (C=O) groups excluding carboxylic acids is 2. The van der Waals surface area contributed by atoms with E-state index in [1.807, 2.05) is 12.1 Å². The third-order valence-electron chi connectivity index (χ3n) is 7.52. The predicted octanol–water partition coefficient (Wildman–Crippen LogP) is 4.02. The number of benzene rings is 1. The second-order valence-corrected chi connectivity index (χ2v) is 10.2. The van der Waals surface area contributed by atoms with Crippen molar-refractivity contribution in [1.82, 2.24) is 14.9 Å². The highest BCUT2D eigenvalue weighted by atomic mass is 19.4. The van der Waals surface area contributed by atoms with Crippen LogP contribution in [-0.2, 0) is 27.3 Å². The average molecular weight is 551 g/mol. The van der Waals surface area contributed by atoms with Crippen LogP contribution >= 0.6 is 0 Å². The molecule has 2 aliphatic heterocycles. The molecule has 1 aromatic carbocycles. The third kappa shape index (κ3) is 6.15. The van der Waals surface area contributed by atoms with E-state index in [1.54, 1.807) is 7.11 Å². The van der Waals surface area contributed by atoms with E-state index in [9.17, 15) is 22.8 Å². The fraction of sp³-hybridized carbons (Fsp3) is 0.593. The molecule has 1 aromatic heterocycles. The minimum Gasteiger partial charge on any atom is -0.493 e. The number of nitrogens with zero attached hydrogens (tertiary/aromatic N) is 3. The highest BCUT2D eigenvalue weighted by Gasteiger charge is 2.44. The van der Waals surface area contributed by atoms with E-state index in [0.29, 0.717) is 29.6 Å². The van der Waals surface area contributed by atoms with Gasteiger partial charge < -0.3 is 24.5 Å². The number of ether oxygens (including phenoxy) is 2. The number of aryl methyl sites for hydroxylation is 1. The van der Waals surface area contributed by atoms with Crippen molar-refractivity contribution in [2.45, 2.75) is 63.6 Å². The molecule has 1 aliphatic carbocycles. The van der Waals surface area contributed by atoms with Gasteiger partial charge in [-0.05, 0) is 69.7 Å². The summed E-state index contributed by atoms with van der Waals surface area (Å²) in [5, 5.41) is 4.74. The maximum absolute atomic E-state index is 12.7. The molecular weight excluding hydrogens is 517 g/mol. The van der Waals surface area contributed by atoms with E-state index in [4.69, 9.17) is 14.5 Å². The van der Waals surface area contributed by atoms with E-state index in [1.165, 1.54) is 12.8 Å². The maximum Gasteiger partial charge on any atom is 0.493 e. The SMILES string of the molecule is COc1cc2c(NC3CCC(=O)N(OC(=O)C(F)(F)F)C3)c3c(nc2cc1OCCCN1CCCC1)CCC3. The van der Waals surface area contributed by atoms with Gasteiger partial charge in [0.2, 0.25) is 0 Å². The smallest absolute Gasteiger partial charge is 0.493 e. The van der Waals surface area contributed by atoms with Crippen molar-refractivity contribution < 1.29 is 37.1 Å². The number of aromatic nitrogens is 1. The quantitative estimate of drug-likeness (QED) is 0.468.